The molecule has 1 aliphatic heterocycles. The zero-order chi connectivity index (χ0) is 16.7. The molecule has 0 radical (unpaired) electrons. The summed E-state index contributed by atoms with van der Waals surface area (Å²) in [6.45, 7) is 0. The van der Waals surface area contributed by atoms with Gasteiger partial charge in [0.25, 0.3) is 11.8 Å². The number of carbonyl (C=O) groups is 2. The zero-order valence-corrected chi connectivity index (χ0v) is 13.1. The van der Waals surface area contributed by atoms with Gasteiger partial charge in [0.05, 0.1) is 16.8 Å². The Kier molecular flexibility index (Phi) is 3.24. The van der Waals surface area contributed by atoms with Crippen LogP contribution in [0.2, 0.25) is 0 Å². The van der Waals surface area contributed by atoms with E-state index in [9.17, 15) is 9.59 Å². The third-order valence-electron chi connectivity index (χ3n) is 4.25. The van der Waals surface area contributed by atoms with Crippen molar-refractivity contribution in [2.75, 3.05) is 7.05 Å². The molecule has 0 fully saturated rings. The Morgan fingerprint density at radius 2 is 1.29 bits per heavy atom. The van der Waals surface area contributed by atoms with Crippen LogP contribution in [0.25, 0.3) is 22.4 Å². The van der Waals surface area contributed by atoms with Crippen molar-refractivity contribution in [1.29, 1.82) is 0 Å². The van der Waals surface area contributed by atoms with Gasteiger partial charge in [-0.25, -0.2) is 0 Å². The van der Waals surface area contributed by atoms with Crippen molar-refractivity contribution >= 4 is 11.8 Å². The van der Waals surface area contributed by atoms with Crippen LogP contribution < -0.4 is 0 Å². The molecule has 4 rings (SSSR count). The van der Waals surface area contributed by atoms with Gasteiger partial charge in [0.2, 0.25) is 0 Å². The second-order valence-corrected chi connectivity index (χ2v) is 5.67. The average molecular weight is 314 g/mol. The number of rotatable bonds is 2. The molecule has 4 heteroatoms. The van der Waals surface area contributed by atoms with Crippen molar-refractivity contribution < 1.29 is 9.59 Å². The van der Waals surface area contributed by atoms with E-state index >= 15 is 0 Å². The Hall–Kier alpha value is -3.27. The van der Waals surface area contributed by atoms with Crippen LogP contribution in [0.5, 0.6) is 0 Å². The molecular weight excluding hydrogens is 300 g/mol. The Balaban J connectivity index is 2.03. The number of pyridine rings is 1. The molecule has 1 aliphatic rings. The third-order valence-corrected chi connectivity index (χ3v) is 4.25. The van der Waals surface area contributed by atoms with Crippen LogP contribution >= 0.6 is 0 Å². The van der Waals surface area contributed by atoms with Gasteiger partial charge in [-0.3, -0.25) is 19.5 Å². The van der Waals surface area contributed by atoms with Crippen LogP contribution in [0.15, 0.2) is 66.9 Å². The van der Waals surface area contributed by atoms with Gasteiger partial charge in [0.15, 0.2) is 0 Å². The topological polar surface area (TPSA) is 50.3 Å². The molecule has 2 amide bonds. The summed E-state index contributed by atoms with van der Waals surface area (Å²) in [6, 6.07) is 19.0. The summed E-state index contributed by atoms with van der Waals surface area (Å²) in [7, 11) is 1.51. The van der Waals surface area contributed by atoms with Gasteiger partial charge in [-0.2, -0.15) is 0 Å². The summed E-state index contributed by atoms with van der Waals surface area (Å²) in [5.41, 5.74) is 3.75. The number of imide groups is 1. The minimum absolute atomic E-state index is 0.284. The molecule has 1 aromatic heterocycles. The Bertz CT molecular complexity index is 872. The fourth-order valence-electron chi connectivity index (χ4n) is 3.02. The highest BCUT2D eigenvalue weighted by Crippen LogP contribution is 2.36. The van der Waals surface area contributed by atoms with E-state index in [4.69, 9.17) is 0 Å². The van der Waals surface area contributed by atoms with Crippen LogP contribution in [0, 0.1) is 0 Å². The lowest BCUT2D eigenvalue weighted by Gasteiger charge is -2.10. The lowest BCUT2D eigenvalue weighted by Crippen LogP contribution is -2.24. The van der Waals surface area contributed by atoms with Gasteiger partial charge in [0.1, 0.15) is 0 Å². The van der Waals surface area contributed by atoms with Crippen molar-refractivity contribution in [2.45, 2.75) is 0 Å². The summed E-state index contributed by atoms with van der Waals surface area (Å²) < 4.78 is 0. The Labute approximate surface area is 139 Å². The highest BCUT2D eigenvalue weighted by atomic mass is 16.2. The van der Waals surface area contributed by atoms with Gasteiger partial charge >= 0.3 is 0 Å². The molecule has 0 saturated heterocycles. The molecule has 0 saturated carbocycles. The number of fused-ring (bicyclic) bond motifs is 1. The number of aromatic nitrogens is 1. The van der Waals surface area contributed by atoms with E-state index < -0.39 is 0 Å². The molecule has 0 aliphatic carbocycles. The second-order valence-electron chi connectivity index (χ2n) is 5.67. The van der Waals surface area contributed by atoms with Gasteiger partial charge < -0.3 is 0 Å². The van der Waals surface area contributed by atoms with E-state index in [2.05, 4.69) is 4.98 Å². The van der Waals surface area contributed by atoms with Crippen LogP contribution in [-0.4, -0.2) is 28.7 Å². The standard InChI is InChI=1S/C20H14N2O2/c1-22-19(23)16-15(13-8-4-2-5-9-13)12-21-18(17(16)20(22)24)14-10-6-3-7-11-14/h2-12H,1H3. The molecular formula is C20H14N2O2. The number of hydrogen-bond acceptors (Lipinski definition) is 3. The fourth-order valence-corrected chi connectivity index (χ4v) is 3.02. The SMILES string of the molecule is CN1C(=O)c2c(-c3ccccc3)cnc(-c3ccccc3)c2C1=O. The van der Waals surface area contributed by atoms with Crippen LogP contribution in [0.4, 0.5) is 0 Å². The van der Waals surface area contributed by atoms with Crippen LogP contribution in [-0.2, 0) is 0 Å². The highest BCUT2D eigenvalue weighted by molar-refractivity contribution is 6.25. The largest absolute Gasteiger partial charge is 0.277 e. The second kappa shape index (κ2) is 5.42. The number of benzene rings is 2. The summed E-state index contributed by atoms with van der Waals surface area (Å²) in [5, 5.41) is 0. The van der Waals surface area contributed by atoms with Crippen molar-refractivity contribution in [3.63, 3.8) is 0 Å². The number of hydrogen-bond donors (Lipinski definition) is 0. The monoisotopic (exact) mass is 314 g/mol. The minimum atomic E-state index is -0.306. The van der Waals surface area contributed by atoms with Crippen molar-refractivity contribution in [3.8, 4) is 22.4 Å². The van der Waals surface area contributed by atoms with E-state index in [0.717, 1.165) is 16.0 Å². The summed E-state index contributed by atoms with van der Waals surface area (Å²) in [4.78, 5) is 31.0. The molecule has 0 unspecified atom stereocenters. The normalized spacial score (nSPS) is 13.3. The van der Waals surface area contributed by atoms with E-state index in [1.54, 1.807) is 6.20 Å². The maximum absolute atomic E-state index is 12.7. The molecule has 0 spiro atoms. The van der Waals surface area contributed by atoms with Gasteiger partial charge in [-0.1, -0.05) is 60.7 Å². The highest BCUT2D eigenvalue weighted by Gasteiger charge is 2.38. The first kappa shape index (κ1) is 14.3. The number of carbonyl (C=O) groups excluding carboxylic acids is 2. The number of nitrogens with zero attached hydrogens (tertiary/aromatic N) is 2. The first-order valence-corrected chi connectivity index (χ1v) is 7.64. The van der Waals surface area contributed by atoms with E-state index in [1.807, 2.05) is 60.7 Å². The quantitative estimate of drug-likeness (QED) is 0.679. The molecule has 2 heterocycles. The zero-order valence-electron chi connectivity index (χ0n) is 13.1. The molecule has 2 aromatic carbocycles. The van der Waals surface area contributed by atoms with Gasteiger partial charge in [0, 0.05) is 24.4 Å². The van der Waals surface area contributed by atoms with Crippen molar-refractivity contribution in [1.82, 2.24) is 9.88 Å². The van der Waals surface area contributed by atoms with E-state index in [1.165, 1.54) is 7.05 Å². The molecule has 0 N–H and O–H groups in total. The first-order chi connectivity index (χ1) is 11.7. The first-order valence-electron chi connectivity index (χ1n) is 7.64. The smallest absolute Gasteiger partial charge is 0.263 e. The molecule has 4 nitrogen and oxygen atoms in total. The average Bonchev–Trinajstić information content (AvgIpc) is 2.87. The summed E-state index contributed by atoms with van der Waals surface area (Å²) in [6.07, 6.45) is 1.68. The molecule has 3 aromatic rings. The predicted molar refractivity (Wildman–Crippen MR) is 91.5 cm³/mol. The van der Waals surface area contributed by atoms with E-state index in [0.29, 0.717) is 22.4 Å². The maximum Gasteiger partial charge on any atom is 0.263 e. The number of amides is 2. The van der Waals surface area contributed by atoms with Crippen molar-refractivity contribution in [2.24, 2.45) is 0 Å². The summed E-state index contributed by atoms with van der Waals surface area (Å²) >= 11 is 0. The molecule has 0 bridgehead atoms. The molecule has 0 atom stereocenters. The van der Waals surface area contributed by atoms with Gasteiger partial charge in [-0.15, -0.1) is 0 Å². The van der Waals surface area contributed by atoms with Crippen molar-refractivity contribution in [3.05, 3.63) is 78.0 Å². The maximum atomic E-state index is 12.7. The lowest BCUT2D eigenvalue weighted by atomic mass is 9.95. The molecule has 116 valence electrons. The minimum Gasteiger partial charge on any atom is -0.277 e. The van der Waals surface area contributed by atoms with Gasteiger partial charge in [-0.05, 0) is 5.56 Å². The summed E-state index contributed by atoms with van der Waals surface area (Å²) in [5.74, 6) is -0.590. The Morgan fingerprint density at radius 3 is 1.92 bits per heavy atom. The fraction of sp³-hybridized carbons (Fsp3) is 0.0500. The van der Waals surface area contributed by atoms with Crippen LogP contribution in [0.3, 0.4) is 0 Å². The lowest BCUT2D eigenvalue weighted by molar-refractivity contribution is 0.0693. The Morgan fingerprint density at radius 1 is 0.750 bits per heavy atom. The third kappa shape index (κ3) is 2.04. The predicted octanol–water partition coefficient (Wildman–Crippen LogP) is 3.64. The van der Waals surface area contributed by atoms with Crippen LogP contribution in [0.1, 0.15) is 20.7 Å². The molecule has 24 heavy (non-hydrogen) atoms. The van der Waals surface area contributed by atoms with E-state index in [-0.39, 0.29) is 11.8 Å².